The lowest BCUT2D eigenvalue weighted by molar-refractivity contribution is 0.200. The monoisotopic (exact) mass is 250 g/mol. The van der Waals surface area contributed by atoms with Gasteiger partial charge in [0.05, 0.1) is 0 Å². The van der Waals surface area contributed by atoms with Crippen molar-refractivity contribution in [2.24, 2.45) is 0 Å². The number of nitrogens with zero attached hydrogens (tertiary/aromatic N) is 4. The van der Waals surface area contributed by atoms with Crippen LogP contribution in [0.3, 0.4) is 0 Å². The molecular weight excluding hydrogens is 228 g/mol. The van der Waals surface area contributed by atoms with Crippen LogP contribution >= 0.6 is 0 Å². The molecule has 0 saturated carbocycles. The number of anilines is 1. The van der Waals surface area contributed by atoms with Gasteiger partial charge in [0.2, 0.25) is 0 Å². The number of aromatic nitrogens is 2. The van der Waals surface area contributed by atoms with Crippen molar-refractivity contribution in [2.45, 2.75) is 25.9 Å². The van der Waals surface area contributed by atoms with E-state index in [0.717, 1.165) is 38.3 Å². The highest BCUT2D eigenvalue weighted by molar-refractivity contribution is 5.46. The van der Waals surface area contributed by atoms with Gasteiger partial charge >= 0.3 is 0 Å². The molecule has 1 aromatic rings. The van der Waals surface area contributed by atoms with E-state index in [1.807, 2.05) is 7.05 Å². The number of likely N-dealkylation sites (tertiary alicyclic amines) is 1. The molecule has 0 aliphatic carbocycles. The van der Waals surface area contributed by atoms with Crippen LogP contribution in [0.25, 0.3) is 0 Å². The largest absolute Gasteiger partial charge is 0.470 e. The van der Waals surface area contributed by atoms with Gasteiger partial charge in [0.15, 0.2) is 5.82 Å². The van der Waals surface area contributed by atoms with Gasteiger partial charge in [0.1, 0.15) is 6.10 Å². The Balaban J connectivity index is 2.07. The SMILES string of the molecule is CCCN(C)c1nccnc1OC1CCN(C)C1. The van der Waals surface area contributed by atoms with E-state index in [1.165, 1.54) is 0 Å². The van der Waals surface area contributed by atoms with Gasteiger partial charge in [-0.2, -0.15) is 0 Å². The third-order valence-corrected chi connectivity index (χ3v) is 3.19. The summed E-state index contributed by atoms with van der Waals surface area (Å²) in [6.07, 6.45) is 5.79. The summed E-state index contributed by atoms with van der Waals surface area (Å²) in [7, 11) is 4.14. The van der Waals surface area contributed by atoms with Crippen molar-refractivity contribution >= 4 is 5.82 Å². The van der Waals surface area contributed by atoms with Gasteiger partial charge in [-0.15, -0.1) is 0 Å². The second-order valence-corrected chi connectivity index (χ2v) is 4.90. The first kappa shape index (κ1) is 13.1. The van der Waals surface area contributed by atoms with Crippen LogP contribution in [-0.4, -0.2) is 54.7 Å². The van der Waals surface area contributed by atoms with Crippen LogP contribution in [0, 0.1) is 0 Å². The van der Waals surface area contributed by atoms with E-state index in [-0.39, 0.29) is 6.10 Å². The summed E-state index contributed by atoms with van der Waals surface area (Å²) in [5.74, 6) is 1.50. The van der Waals surface area contributed by atoms with E-state index in [9.17, 15) is 0 Å². The van der Waals surface area contributed by atoms with Gasteiger partial charge in [-0.3, -0.25) is 0 Å². The van der Waals surface area contributed by atoms with Gasteiger partial charge in [-0.1, -0.05) is 6.92 Å². The second-order valence-electron chi connectivity index (χ2n) is 4.90. The maximum atomic E-state index is 5.99. The fourth-order valence-corrected chi connectivity index (χ4v) is 2.25. The van der Waals surface area contributed by atoms with Gasteiger partial charge in [0, 0.05) is 39.1 Å². The van der Waals surface area contributed by atoms with Gasteiger partial charge in [0.25, 0.3) is 5.88 Å². The Hall–Kier alpha value is -1.36. The van der Waals surface area contributed by atoms with E-state index >= 15 is 0 Å². The highest BCUT2D eigenvalue weighted by atomic mass is 16.5. The van der Waals surface area contributed by atoms with Crippen molar-refractivity contribution in [3.8, 4) is 5.88 Å². The Bertz CT molecular complexity index is 385. The molecule has 0 amide bonds. The average molecular weight is 250 g/mol. The third-order valence-electron chi connectivity index (χ3n) is 3.19. The molecule has 1 atom stereocenters. The summed E-state index contributed by atoms with van der Waals surface area (Å²) >= 11 is 0. The van der Waals surface area contributed by atoms with Crippen LogP contribution < -0.4 is 9.64 Å². The van der Waals surface area contributed by atoms with Crippen LogP contribution in [0.2, 0.25) is 0 Å². The predicted octanol–water partition coefficient (Wildman–Crippen LogP) is 1.41. The lowest BCUT2D eigenvalue weighted by Gasteiger charge is -2.21. The summed E-state index contributed by atoms with van der Waals surface area (Å²) in [4.78, 5) is 13.1. The summed E-state index contributed by atoms with van der Waals surface area (Å²) < 4.78 is 5.99. The third kappa shape index (κ3) is 3.10. The molecule has 1 fully saturated rings. The molecule has 1 unspecified atom stereocenters. The second kappa shape index (κ2) is 6.00. The topological polar surface area (TPSA) is 41.5 Å². The minimum Gasteiger partial charge on any atom is -0.470 e. The summed E-state index contributed by atoms with van der Waals surface area (Å²) in [5, 5.41) is 0. The van der Waals surface area contributed by atoms with Crippen molar-refractivity contribution in [1.29, 1.82) is 0 Å². The van der Waals surface area contributed by atoms with Gasteiger partial charge < -0.3 is 14.5 Å². The van der Waals surface area contributed by atoms with Crippen LogP contribution in [0.4, 0.5) is 5.82 Å². The first-order valence-electron chi connectivity index (χ1n) is 6.58. The number of likely N-dealkylation sites (N-methyl/N-ethyl adjacent to an activating group) is 1. The molecule has 5 nitrogen and oxygen atoms in total. The molecule has 1 aliphatic rings. The summed E-state index contributed by atoms with van der Waals surface area (Å²) in [5.41, 5.74) is 0. The number of hydrogen-bond donors (Lipinski definition) is 0. The first-order chi connectivity index (χ1) is 8.70. The Morgan fingerprint density at radius 3 is 2.89 bits per heavy atom. The van der Waals surface area contributed by atoms with Crippen molar-refractivity contribution in [3.05, 3.63) is 12.4 Å². The van der Waals surface area contributed by atoms with Crippen LogP contribution in [0.5, 0.6) is 5.88 Å². The van der Waals surface area contributed by atoms with E-state index in [1.54, 1.807) is 12.4 Å². The molecule has 0 aromatic carbocycles. The minimum absolute atomic E-state index is 0.237. The quantitative estimate of drug-likeness (QED) is 0.790. The average Bonchev–Trinajstić information content (AvgIpc) is 2.76. The van der Waals surface area contributed by atoms with Crippen LogP contribution in [-0.2, 0) is 0 Å². The van der Waals surface area contributed by atoms with E-state index < -0.39 is 0 Å². The number of hydrogen-bond acceptors (Lipinski definition) is 5. The highest BCUT2D eigenvalue weighted by Gasteiger charge is 2.23. The molecule has 2 heterocycles. The Morgan fingerprint density at radius 2 is 2.22 bits per heavy atom. The van der Waals surface area contributed by atoms with Crippen molar-refractivity contribution < 1.29 is 4.74 Å². The van der Waals surface area contributed by atoms with Crippen LogP contribution in [0.15, 0.2) is 12.4 Å². The molecule has 0 N–H and O–H groups in total. The Morgan fingerprint density at radius 1 is 1.44 bits per heavy atom. The zero-order valence-electron chi connectivity index (χ0n) is 11.5. The first-order valence-corrected chi connectivity index (χ1v) is 6.58. The molecule has 5 heteroatoms. The molecule has 0 radical (unpaired) electrons. The molecule has 1 aliphatic heterocycles. The van der Waals surface area contributed by atoms with E-state index in [4.69, 9.17) is 4.74 Å². The van der Waals surface area contributed by atoms with Crippen molar-refractivity contribution in [2.75, 3.05) is 38.6 Å². The maximum absolute atomic E-state index is 5.99. The predicted molar refractivity (Wildman–Crippen MR) is 72.1 cm³/mol. The van der Waals surface area contributed by atoms with Gasteiger partial charge in [-0.05, 0) is 19.9 Å². The smallest absolute Gasteiger partial charge is 0.257 e. The lowest BCUT2D eigenvalue weighted by atomic mass is 10.3. The Kier molecular flexibility index (Phi) is 4.36. The zero-order valence-corrected chi connectivity index (χ0v) is 11.5. The van der Waals surface area contributed by atoms with E-state index in [2.05, 4.69) is 33.7 Å². The molecule has 100 valence electrons. The summed E-state index contributed by atoms with van der Waals surface area (Å²) in [6.45, 7) is 5.16. The molecule has 18 heavy (non-hydrogen) atoms. The van der Waals surface area contributed by atoms with Crippen LogP contribution in [0.1, 0.15) is 19.8 Å². The molecule has 1 saturated heterocycles. The minimum atomic E-state index is 0.237. The molecular formula is C13H22N4O. The normalized spacial score (nSPS) is 20.1. The van der Waals surface area contributed by atoms with Crippen molar-refractivity contribution in [3.63, 3.8) is 0 Å². The number of rotatable bonds is 5. The fourth-order valence-electron chi connectivity index (χ4n) is 2.25. The van der Waals surface area contributed by atoms with E-state index in [0.29, 0.717) is 5.88 Å². The summed E-state index contributed by atoms with van der Waals surface area (Å²) in [6, 6.07) is 0. The van der Waals surface area contributed by atoms with Crippen molar-refractivity contribution in [1.82, 2.24) is 14.9 Å². The standard InChI is InChI=1S/C13H22N4O/c1-4-8-17(3)12-13(15-7-6-14-12)18-11-5-9-16(2)10-11/h6-7,11H,4-5,8-10H2,1-3H3. The molecule has 1 aromatic heterocycles. The fraction of sp³-hybridized carbons (Fsp3) is 0.692. The molecule has 0 spiro atoms. The Labute approximate surface area is 109 Å². The molecule has 2 rings (SSSR count). The lowest BCUT2D eigenvalue weighted by Crippen LogP contribution is -2.25. The molecule has 0 bridgehead atoms. The zero-order chi connectivity index (χ0) is 13.0. The maximum Gasteiger partial charge on any atom is 0.257 e. The number of ether oxygens (including phenoxy) is 1. The highest BCUT2D eigenvalue weighted by Crippen LogP contribution is 2.24. The van der Waals surface area contributed by atoms with Gasteiger partial charge in [-0.25, -0.2) is 9.97 Å².